The van der Waals surface area contributed by atoms with Gasteiger partial charge in [-0.05, 0) is 42.3 Å². The van der Waals surface area contributed by atoms with Crippen molar-refractivity contribution in [3.05, 3.63) is 94.0 Å². The molecule has 2 amide bonds. The molecule has 30 heavy (non-hydrogen) atoms. The Morgan fingerprint density at radius 2 is 1.93 bits per heavy atom. The molecule has 6 heteroatoms. The van der Waals surface area contributed by atoms with E-state index in [0.29, 0.717) is 29.4 Å². The topological polar surface area (TPSA) is 49.4 Å². The predicted molar refractivity (Wildman–Crippen MR) is 122 cm³/mol. The van der Waals surface area contributed by atoms with Crippen LogP contribution in [0, 0.1) is 6.92 Å². The van der Waals surface area contributed by atoms with Crippen LogP contribution >= 0.6 is 23.4 Å². The van der Waals surface area contributed by atoms with Gasteiger partial charge in [0, 0.05) is 22.0 Å². The molecule has 0 aliphatic carbocycles. The highest BCUT2D eigenvalue weighted by molar-refractivity contribution is 8.00. The zero-order chi connectivity index (χ0) is 21.1. The van der Waals surface area contributed by atoms with Gasteiger partial charge in [0.2, 0.25) is 5.91 Å². The smallest absolute Gasteiger partial charge is 0.251 e. The van der Waals surface area contributed by atoms with Crippen LogP contribution in [0.15, 0.2) is 71.6 Å². The van der Waals surface area contributed by atoms with E-state index in [1.807, 2.05) is 49.4 Å². The Kier molecular flexibility index (Phi) is 6.11. The summed E-state index contributed by atoms with van der Waals surface area (Å²) in [5, 5.41) is 3.53. The van der Waals surface area contributed by atoms with E-state index in [4.69, 9.17) is 11.6 Å². The third kappa shape index (κ3) is 4.53. The lowest BCUT2D eigenvalue weighted by atomic mass is 10.1. The molecule has 0 radical (unpaired) electrons. The fourth-order valence-corrected chi connectivity index (χ4v) is 4.55. The van der Waals surface area contributed by atoms with E-state index < -0.39 is 0 Å². The number of hydrogen-bond acceptors (Lipinski definition) is 3. The third-order valence-electron chi connectivity index (χ3n) is 4.98. The molecule has 152 valence electrons. The van der Waals surface area contributed by atoms with Crippen LogP contribution in [0.2, 0.25) is 5.02 Å². The van der Waals surface area contributed by atoms with Crippen molar-refractivity contribution < 1.29 is 9.59 Å². The molecule has 3 aromatic carbocycles. The van der Waals surface area contributed by atoms with Gasteiger partial charge in [-0.15, -0.1) is 11.8 Å². The molecule has 4 nitrogen and oxygen atoms in total. The SMILES string of the molecule is Cc1cccc(CN2C(=O)CSc3ccc(C(=O)NCc4ccccc4Cl)cc32)c1. The van der Waals surface area contributed by atoms with Crippen LogP contribution in [0.25, 0.3) is 0 Å². The van der Waals surface area contributed by atoms with Gasteiger partial charge in [0.15, 0.2) is 0 Å². The maximum atomic E-state index is 12.7. The Hall–Kier alpha value is -2.76. The number of carbonyl (C=O) groups excluding carboxylic acids is 2. The van der Waals surface area contributed by atoms with E-state index in [1.54, 1.807) is 23.1 Å². The monoisotopic (exact) mass is 436 g/mol. The maximum absolute atomic E-state index is 12.7. The number of thioether (sulfide) groups is 1. The number of nitrogens with zero attached hydrogens (tertiary/aromatic N) is 1. The van der Waals surface area contributed by atoms with Gasteiger partial charge in [0.05, 0.1) is 18.0 Å². The van der Waals surface area contributed by atoms with Crippen molar-refractivity contribution in [1.29, 1.82) is 0 Å². The summed E-state index contributed by atoms with van der Waals surface area (Å²) in [5.41, 5.74) is 4.37. The maximum Gasteiger partial charge on any atom is 0.251 e. The number of halogens is 1. The molecular weight excluding hydrogens is 416 g/mol. The predicted octanol–water partition coefficient (Wildman–Crippen LogP) is 5.22. The number of benzene rings is 3. The lowest BCUT2D eigenvalue weighted by molar-refractivity contribution is -0.116. The molecule has 0 atom stereocenters. The summed E-state index contributed by atoms with van der Waals surface area (Å²) in [6.45, 7) is 2.86. The van der Waals surface area contributed by atoms with Gasteiger partial charge >= 0.3 is 0 Å². The molecule has 0 unspecified atom stereocenters. The van der Waals surface area contributed by atoms with Crippen molar-refractivity contribution in [1.82, 2.24) is 5.32 Å². The van der Waals surface area contributed by atoms with E-state index in [0.717, 1.165) is 27.3 Å². The molecule has 0 fully saturated rings. The Morgan fingerprint density at radius 3 is 2.73 bits per heavy atom. The summed E-state index contributed by atoms with van der Waals surface area (Å²) >= 11 is 7.68. The second-order valence-electron chi connectivity index (χ2n) is 7.21. The molecule has 0 bridgehead atoms. The van der Waals surface area contributed by atoms with Crippen molar-refractivity contribution in [2.45, 2.75) is 24.9 Å². The second kappa shape index (κ2) is 8.94. The Balaban J connectivity index is 1.56. The Bertz CT molecular complexity index is 1120. The number of hydrogen-bond donors (Lipinski definition) is 1. The molecule has 0 aromatic heterocycles. The van der Waals surface area contributed by atoms with Crippen molar-refractivity contribution in [3.8, 4) is 0 Å². The summed E-state index contributed by atoms with van der Waals surface area (Å²) < 4.78 is 0. The fraction of sp³-hybridized carbons (Fsp3) is 0.167. The molecule has 1 N–H and O–H groups in total. The first-order valence-electron chi connectivity index (χ1n) is 9.65. The number of nitrogens with one attached hydrogen (secondary N) is 1. The largest absolute Gasteiger partial charge is 0.348 e. The highest BCUT2D eigenvalue weighted by Crippen LogP contribution is 2.37. The van der Waals surface area contributed by atoms with Crippen molar-refractivity contribution in [2.75, 3.05) is 10.7 Å². The molecule has 1 aliphatic rings. The highest BCUT2D eigenvalue weighted by atomic mass is 35.5. The molecule has 0 spiro atoms. The summed E-state index contributed by atoms with van der Waals surface area (Å²) in [7, 11) is 0. The molecule has 0 saturated heterocycles. The molecule has 4 rings (SSSR count). The standard InChI is InChI=1S/C24H21ClN2O2S/c1-16-5-4-6-17(11-16)14-27-21-12-18(9-10-22(21)30-15-23(27)28)24(29)26-13-19-7-2-3-8-20(19)25/h2-12H,13-15H2,1H3,(H,26,29). The molecule has 1 heterocycles. The number of aryl methyl sites for hydroxylation is 1. The highest BCUT2D eigenvalue weighted by Gasteiger charge is 2.26. The molecule has 1 aliphatic heterocycles. The first-order valence-corrected chi connectivity index (χ1v) is 11.0. The number of carbonyl (C=O) groups is 2. The van der Waals surface area contributed by atoms with Crippen molar-refractivity contribution in [2.24, 2.45) is 0 Å². The minimum Gasteiger partial charge on any atom is -0.348 e. The summed E-state index contributed by atoms with van der Waals surface area (Å²) in [6, 6.07) is 21.1. The van der Waals surface area contributed by atoms with Crippen LogP contribution < -0.4 is 10.2 Å². The molecule has 3 aromatic rings. The molecular formula is C24H21ClN2O2S. The fourth-order valence-electron chi connectivity index (χ4n) is 3.43. The van der Waals surface area contributed by atoms with Gasteiger partial charge in [-0.1, -0.05) is 59.6 Å². The van der Waals surface area contributed by atoms with E-state index in [2.05, 4.69) is 11.4 Å². The van der Waals surface area contributed by atoms with Gasteiger partial charge in [-0.2, -0.15) is 0 Å². The van der Waals surface area contributed by atoms with Crippen molar-refractivity contribution in [3.63, 3.8) is 0 Å². The van der Waals surface area contributed by atoms with Crippen molar-refractivity contribution >= 4 is 40.9 Å². The lowest BCUT2D eigenvalue weighted by Gasteiger charge is -2.29. The Labute approximate surface area is 185 Å². The quantitative estimate of drug-likeness (QED) is 0.596. The van der Waals surface area contributed by atoms with E-state index in [1.165, 1.54) is 11.8 Å². The lowest BCUT2D eigenvalue weighted by Crippen LogP contribution is -2.35. The number of fused-ring (bicyclic) bond motifs is 1. The summed E-state index contributed by atoms with van der Waals surface area (Å²) in [6.07, 6.45) is 0. The van der Waals surface area contributed by atoms with Gasteiger partial charge in [-0.3, -0.25) is 9.59 Å². The number of amides is 2. The first-order chi connectivity index (χ1) is 14.5. The van der Waals surface area contributed by atoms with Crippen LogP contribution in [0.3, 0.4) is 0 Å². The van der Waals surface area contributed by atoms with E-state index >= 15 is 0 Å². The van der Waals surface area contributed by atoms with Crippen LogP contribution in [-0.4, -0.2) is 17.6 Å². The average Bonchev–Trinajstić information content (AvgIpc) is 2.75. The van der Waals surface area contributed by atoms with Crippen LogP contribution in [-0.2, 0) is 17.9 Å². The normalized spacial score (nSPS) is 13.1. The number of rotatable bonds is 5. The van der Waals surface area contributed by atoms with Crippen LogP contribution in [0.1, 0.15) is 27.0 Å². The van der Waals surface area contributed by atoms with Gasteiger partial charge in [-0.25, -0.2) is 0 Å². The zero-order valence-electron chi connectivity index (χ0n) is 16.5. The average molecular weight is 437 g/mol. The summed E-state index contributed by atoms with van der Waals surface area (Å²) in [4.78, 5) is 28.2. The second-order valence-corrected chi connectivity index (χ2v) is 8.64. The van der Waals surface area contributed by atoms with Gasteiger partial charge < -0.3 is 10.2 Å². The van der Waals surface area contributed by atoms with Gasteiger partial charge in [0.25, 0.3) is 5.91 Å². The minimum absolute atomic E-state index is 0.0441. The van der Waals surface area contributed by atoms with E-state index in [-0.39, 0.29) is 11.8 Å². The Morgan fingerprint density at radius 1 is 1.10 bits per heavy atom. The minimum atomic E-state index is -0.198. The zero-order valence-corrected chi connectivity index (χ0v) is 18.1. The number of anilines is 1. The summed E-state index contributed by atoms with van der Waals surface area (Å²) in [5.74, 6) is 0.246. The molecule has 0 saturated carbocycles. The third-order valence-corrected chi connectivity index (χ3v) is 6.40. The van der Waals surface area contributed by atoms with E-state index in [9.17, 15) is 9.59 Å². The first kappa shape index (κ1) is 20.5. The van der Waals surface area contributed by atoms with Crippen LogP contribution in [0.5, 0.6) is 0 Å². The van der Waals surface area contributed by atoms with Crippen LogP contribution in [0.4, 0.5) is 5.69 Å². The van der Waals surface area contributed by atoms with Gasteiger partial charge in [0.1, 0.15) is 0 Å².